The highest BCUT2D eigenvalue weighted by Gasteiger charge is 2.14. The molecule has 0 aliphatic carbocycles. The molecule has 6 heteroatoms. The maximum absolute atomic E-state index is 4.37. The van der Waals surface area contributed by atoms with E-state index in [0.717, 1.165) is 29.2 Å². The van der Waals surface area contributed by atoms with Crippen molar-refractivity contribution in [1.29, 1.82) is 0 Å². The molecule has 0 unspecified atom stereocenters. The van der Waals surface area contributed by atoms with Crippen LogP contribution in [0.2, 0.25) is 0 Å². The van der Waals surface area contributed by atoms with Crippen molar-refractivity contribution in [3.05, 3.63) is 40.9 Å². The molecular weight excluding hydrogens is 306 g/mol. The van der Waals surface area contributed by atoms with E-state index in [9.17, 15) is 0 Å². The highest BCUT2D eigenvalue weighted by molar-refractivity contribution is 9.10. The molecule has 0 amide bonds. The molecule has 0 atom stereocenters. The van der Waals surface area contributed by atoms with Crippen molar-refractivity contribution in [1.82, 2.24) is 15.0 Å². The molecule has 2 rings (SSSR count). The second kappa shape index (κ2) is 6.47. The smallest absolute Gasteiger partial charge is 0.148 e. The first-order chi connectivity index (χ1) is 9.26. The predicted octanol–water partition coefficient (Wildman–Crippen LogP) is 2.70. The molecule has 5 nitrogen and oxygen atoms in total. The third kappa shape index (κ3) is 3.20. The van der Waals surface area contributed by atoms with Gasteiger partial charge in [-0.25, -0.2) is 9.97 Å². The maximum Gasteiger partial charge on any atom is 0.148 e. The molecule has 0 saturated heterocycles. The first-order valence-electron chi connectivity index (χ1n) is 6.08. The summed E-state index contributed by atoms with van der Waals surface area (Å²) in [6.07, 6.45) is 5.18. The van der Waals surface area contributed by atoms with E-state index >= 15 is 0 Å². The minimum atomic E-state index is 0.789. The van der Waals surface area contributed by atoms with E-state index in [1.807, 2.05) is 19.2 Å². The average Bonchev–Trinajstić information content (AvgIpc) is 2.46. The van der Waals surface area contributed by atoms with Gasteiger partial charge in [-0.2, -0.15) is 0 Å². The number of hydrogen-bond donors (Lipinski definition) is 1. The third-order valence-electron chi connectivity index (χ3n) is 2.81. The van der Waals surface area contributed by atoms with Gasteiger partial charge in [-0.3, -0.25) is 4.98 Å². The lowest BCUT2D eigenvalue weighted by atomic mass is 10.2. The van der Waals surface area contributed by atoms with Crippen LogP contribution in [0.25, 0.3) is 0 Å². The fourth-order valence-corrected chi connectivity index (χ4v) is 2.45. The number of anilines is 2. The minimum Gasteiger partial charge on any atom is -0.372 e. The summed E-state index contributed by atoms with van der Waals surface area (Å²) in [7, 11) is 1.84. The van der Waals surface area contributed by atoms with Crippen molar-refractivity contribution in [3.63, 3.8) is 0 Å². The van der Waals surface area contributed by atoms with Gasteiger partial charge >= 0.3 is 0 Å². The Morgan fingerprint density at radius 2 is 2.00 bits per heavy atom. The summed E-state index contributed by atoms with van der Waals surface area (Å²) in [5.41, 5.74) is 1.20. The Bertz CT molecular complexity index is 532. The highest BCUT2D eigenvalue weighted by atomic mass is 79.9. The molecule has 0 bridgehead atoms. The molecule has 0 radical (unpaired) electrons. The van der Waals surface area contributed by atoms with Gasteiger partial charge in [-0.05, 0) is 40.5 Å². The molecule has 1 N–H and O–H groups in total. The van der Waals surface area contributed by atoms with Gasteiger partial charge in [0.15, 0.2) is 0 Å². The van der Waals surface area contributed by atoms with Gasteiger partial charge in [-0.15, -0.1) is 0 Å². The number of pyridine rings is 1. The first kappa shape index (κ1) is 13.7. The van der Waals surface area contributed by atoms with Gasteiger partial charge in [0.2, 0.25) is 0 Å². The first-order valence-corrected chi connectivity index (χ1v) is 6.87. The van der Waals surface area contributed by atoms with Crippen molar-refractivity contribution in [2.24, 2.45) is 0 Å². The van der Waals surface area contributed by atoms with E-state index in [1.165, 1.54) is 5.56 Å². The number of halogens is 1. The van der Waals surface area contributed by atoms with Crippen molar-refractivity contribution in [3.8, 4) is 0 Å². The number of hydrogen-bond acceptors (Lipinski definition) is 5. The summed E-state index contributed by atoms with van der Waals surface area (Å²) < 4.78 is 0.883. The Hall–Kier alpha value is -1.69. The molecule has 0 aliphatic rings. The normalized spacial score (nSPS) is 10.3. The quantitative estimate of drug-likeness (QED) is 0.917. The lowest BCUT2D eigenvalue weighted by Gasteiger charge is -2.23. The Labute approximate surface area is 121 Å². The van der Waals surface area contributed by atoms with Crippen LogP contribution >= 0.6 is 15.9 Å². The Morgan fingerprint density at radius 1 is 1.26 bits per heavy atom. The zero-order valence-electron chi connectivity index (χ0n) is 11.0. The number of aromatic nitrogens is 3. The van der Waals surface area contributed by atoms with Crippen LogP contribution < -0.4 is 10.2 Å². The summed E-state index contributed by atoms with van der Waals surface area (Å²) in [4.78, 5) is 14.8. The molecule has 0 aromatic carbocycles. The molecule has 2 aromatic heterocycles. The van der Waals surface area contributed by atoms with Crippen LogP contribution in [0.1, 0.15) is 12.5 Å². The second-order valence-electron chi connectivity index (χ2n) is 3.98. The van der Waals surface area contributed by atoms with Crippen LogP contribution in [0.3, 0.4) is 0 Å². The Kier molecular flexibility index (Phi) is 4.68. The largest absolute Gasteiger partial charge is 0.372 e. The van der Waals surface area contributed by atoms with Crippen LogP contribution in [-0.2, 0) is 6.54 Å². The highest BCUT2D eigenvalue weighted by Crippen LogP contribution is 2.29. The third-order valence-corrected chi connectivity index (χ3v) is 3.54. The summed E-state index contributed by atoms with van der Waals surface area (Å²) in [6, 6.07) is 4.02. The number of rotatable bonds is 5. The van der Waals surface area contributed by atoms with Gasteiger partial charge in [0.25, 0.3) is 0 Å². The monoisotopic (exact) mass is 321 g/mol. The fraction of sp³-hybridized carbons (Fsp3) is 0.308. The van der Waals surface area contributed by atoms with Gasteiger partial charge in [0.1, 0.15) is 22.4 Å². The van der Waals surface area contributed by atoms with E-state index in [4.69, 9.17) is 0 Å². The average molecular weight is 322 g/mol. The molecular formula is C13H16BrN5. The SMILES string of the molecule is CCN(Cc1ccncc1)c1ncnc(NC)c1Br. The van der Waals surface area contributed by atoms with Crippen molar-refractivity contribution in [2.75, 3.05) is 23.8 Å². The summed E-state index contributed by atoms with van der Waals surface area (Å²) in [6.45, 7) is 3.76. The zero-order chi connectivity index (χ0) is 13.7. The van der Waals surface area contributed by atoms with Crippen LogP contribution in [0.15, 0.2) is 35.3 Å². The van der Waals surface area contributed by atoms with Crippen LogP contribution in [-0.4, -0.2) is 28.5 Å². The van der Waals surface area contributed by atoms with Crippen molar-refractivity contribution >= 4 is 27.6 Å². The molecule has 19 heavy (non-hydrogen) atoms. The Morgan fingerprint density at radius 3 is 2.63 bits per heavy atom. The zero-order valence-corrected chi connectivity index (χ0v) is 12.6. The molecule has 100 valence electrons. The lowest BCUT2D eigenvalue weighted by Crippen LogP contribution is -2.24. The van der Waals surface area contributed by atoms with E-state index in [0.29, 0.717) is 0 Å². The molecule has 0 aliphatic heterocycles. The Balaban J connectivity index is 2.27. The summed E-state index contributed by atoms with van der Waals surface area (Å²) >= 11 is 3.55. The molecule has 2 aromatic rings. The maximum atomic E-state index is 4.37. The van der Waals surface area contributed by atoms with E-state index in [-0.39, 0.29) is 0 Å². The summed E-state index contributed by atoms with van der Waals surface area (Å²) in [5, 5.41) is 3.04. The lowest BCUT2D eigenvalue weighted by molar-refractivity contribution is 0.806. The predicted molar refractivity (Wildman–Crippen MR) is 80.2 cm³/mol. The molecule has 0 spiro atoms. The van der Waals surface area contributed by atoms with Crippen LogP contribution in [0.5, 0.6) is 0 Å². The van der Waals surface area contributed by atoms with E-state index < -0.39 is 0 Å². The van der Waals surface area contributed by atoms with Gasteiger partial charge in [0, 0.05) is 32.5 Å². The number of nitrogens with one attached hydrogen (secondary N) is 1. The van der Waals surface area contributed by atoms with Crippen LogP contribution in [0.4, 0.5) is 11.6 Å². The topological polar surface area (TPSA) is 53.9 Å². The van der Waals surface area contributed by atoms with Crippen LogP contribution in [0, 0.1) is 0 Å². The van der Waals surface area contributed by atoms with Crippen molar-refractivity contribution < 1.29 is 0 Å². The fourth-order valence-electron chi connectivity index (χ4n) is 1.80. The van der Waals surface area contributed by atoms with Crippen molar-refractivity contribution in [2.45, 2.75) is 13.5 Å². The van der Waals surface area contributed by atoms with E-state index in [2.05, 4.69) is 48.0 Å². The van der Waals surface area contributed by atoms with Gasteiger partial charge in [-0.1, -0.05) is 0 Å². The van der Waals surface area contributed by atoms with Gasteiger partial charge in [0.05, 0.1) is 0 Å². The molecule has 0 fully saturated rings. The van der Waals surface area contributed by atoms with Gasteiger partial charge < -0.3 is 10.2 Å². The molecule has 0 saturated carbocycles. The minimum absolute atomic E-state index is 0.789. The molecule has 2 heterocycles. The second-order valence-corrected chi connectivity index (χ2v) is 4.77. The van der Waals surface area contributed by atoms with E-state index in [1.54, 1.807) is 18.7 Å². The standard InChI is InChI=1S/C13H16BrN5/c1-3-19(8-10-4-6-16-7-5-10)13-11(14)12(15-2)17-9-18-13/h4-7,9H,3,8H2,1-2H3,(H,15,17,18). The summed E-state index contributed by atoms with van der Waals surface area (Å²) in [5.74, 6) is 1.68. The number of nitrogens with zero attached hydrogens (tertiary/aromatic N) is 4.